The van der Waals surface area contributed by atoms with Gasteiger partial charge in [0.1, 0.15) is 0 Å². The van der Waals surface area contributed by atoms with E-state index in [0.717, 1.165) is 32.7 Å². The monoisotopic (exact) mass is 246 g/mol. The predicted molar refractivity (Wildman–Crippen MR) is 62.4 cm³/mol. The van der Waals surface area contributed by atoms with Crippen molar-refractivity contribution in [1.82, 2.24) is 9.88 Å². The standard InChI is InChI=1S/C10H15ClN2OS/c1-8-7-14-4-2-3-13(8)6-9-5-12-10(11)15-9/h5,8H,2-4,6-7H2,1H3. The van der Waals surface area contributed by atoms with Crippen LogP contribution in [0.3, 0.4) is 0 Å². The number of ether oxygens (including phenoxy) is 1. The molecule has 0 saturated carbocycles. The van der Waals surface area contributed by atoms with Gasteiger partial charge in [0.25, 0.3) is 0 Å². The summed E-state index contributed by atoms with van der Waals surface area (Å²) in [7, 11) is 0. The molecule has 2 rings (SSSR count). The van der Waals surface area contributed by atoms with Gasteiger partial charge in [-0.2, -0.15) is 0 Å². The highest BCUT2D eigenvalue weighted by atomic mass is 35.5. The fraction of sp³-hybridized carbons (Fsp3) is 0.700. The summed E-state index contributed by atoms with van der Waals surface area (Å²) < 4.78 is 6.13. The fourth-order valence-electron chi connectivity index (χ4n) is 1.74. The lowest BCUT2D eigenvalue weighted by atomic mass is 10.3. The zero-order valence-corrected chi connectivity index (χ0v) is 10.4. The van der Waals surface area contributed by atoms with Crippen molar-refractivity contribution in [2.45, 2.75) is 25.9 Å². The molecular weight excluding hydrogens is 232 g/mol. The maximum absolute atomic E-state index is 5.81. The van der Waals surface area contributed by atoms with Crippen molar-refractivity contribution in [2.24, 2.45) is 0 Å². The molecule has 0 aromatic carbocycles. The molecule has 0 spiro atoms. The topological polar surface area (TPSA) is 25.4 Å². The summed E-state index contributed by atoms with van der Waals surface area (Å²) in [5, 5.41) is 0. The van der Waals surface area contributed by atoms with Gasteiger partial charge in [0.2, 0.25) is 0 Å². The first-order valence-corrected chi connectivity index (χ1v) is 6.37. The van der Waals surface area contributed by atoms with Crippen LogP contribution in [0.4, 0.5) is 0 Å². The van der Waals surface area contributed by atoms with Gasteiger partial charge in [-0.05, 0) is 13.3 Å². The lowest BCUT2D eigenvalue weighted by Gasteiger charge is -2.25. The Kier molecular flexibility index (Phi) is 3.97. The van der Waals surface area contributed by atoms with Crippen LogP contribution in [0.25, 0.3) is 0 Å². The van der Waals surface area contributed by atoms with Crippen LogP contribution in [0.15, 0.2) is 6.20 Å². The highest BCUT2D eigenvalue weighted by Gasteiger charge is 2.18. The minimum Gasteiger partial charge on any atom is -0.380 e. The van der Waals surface area contributed by atoms with Crippen molar-refractivity contribution < 1.29 is 4.74 Å². The van der Waals surface area contributed by atoms with Gasteiger partial charge in [-0.1, -0.05) is 11.6 Å². The van der Waals surface area contributed by atoms with E-state index in [1.54, 1.807) is 11.3 Å². The molecule has 0 amide bonds. The summed E-state index contributed by atoms with van der Waals surface area (Å²) in [6, 6.07) is 0.480. The average Bonchev–Trinajstić information content (AvgIpc) is 2.50. The largest absolute Gasteiger partial charge is 0.380 e. The predicted octanol–water partition coefficient (Wildman–Crippen LogP) is 2.41. The second kappa shape index (κ2) is 5.25. The minimum absolute atomic E-state index is 0.480. The Morgan fingerprint density at radius 1 is 1.73 bits per heavy atom. The van der Waals surface area contributed by atoms with Crippen LogP contribution in [-0.4, -0.2) is 35.7 Å². The fourth-order valence-corrected chi connectivity index (χ4v) is 2.74. The Morgan fingerprint density at radius 3 is 3.33 bits per heavy atom. The lowest BCUT2D eigenvalue weighted by molar-refractivity contribution is 0.106. The van der Waals surface area contributed by atoms with E-state index in [0.29, 0.717) is 10.5 Å². The van der Waals surface area contributed by atoms with E-state index in [4.69, 9.17) is 16.3 Å². The zero-order chi connectivity index (χ0) is 10.7. The molecule has 1 aromatic rings. The Morgan fingerprint density at radius 2 is 2.60 bits per heavy atom. The van der Waals surface area contributed by atoms with Gasteiger partial charge in [0.15, 0.2) is 4.47 Å². The molecule has 0 N–H and O–H groups in total. The van der Waals surface area contributed by atoms with Gasteiger partial charge in [0, 0.05) is 36.8 Å². The maximum Gasteiger partial charge on any atom is 0.183 e. The van der Waals surface area contributed by atoms with Gasteiger partial charge in [-0.15, -0.1) is 11.3 Å². The van der Waals surface area contributed by atoms with E-state index in [1.807, 2.05) is 6.20 Å². The molecule has 1 aliphatic rings. The smallest absolute Gasteiger partial charge is 0.183 e. The Balaban J connectivity index is 1.97. The van der Waals surface area contributed by atoms with Crippen LogP contribution < -0.4 is 0 Å². The average molecular weight is 247 g/mol. The molecule has 0 bridgehead atoms. The molecule has 1 fully saturated rings. The molecule has 1 atom stereocenters. The van der Waals surface area contributed by atoms with E-state index in [9.17, 15) is 0 Å². The van der Waals surface area contributed by atoms with Crippen LogP contribution in [0, 0.1) is 0 Å². The summed E-state index contributed by atoms with van der Waals surface area (Å²) >= 11 is 7.37. The zero-order valence-electron chi connectivity index (χ0n) is 8.78. The highest BCUT2D eigenvalue weighted by Crippen LogP contribution is 2.21. The van der Waals surface area contributed by atoms with Gasteiger partial charge >= 0.3 is 0 Å². The number of aromatic nitrogens is 1. The first kappa shape index (κ1) is 11.3. The molecular formula is C10H15ClN2OS. The van der Waals surface area contributed by atoms with Gasteiger partial charge in [-0.3, -0.25) is 4.90 Å². The summed E-state index contributed by atoms with van der Waals surface area (Å²) in [6.45, 7) is 5.94. The van der Waals surface area contributed by atoms with Crippen molar-refractivity contribution in [3.05, 3.63) is 15.5 Å². The Hall–Kier alpha value is -0.160. The van der Waals surface area contributed by atoms with Crippen molar-refractivity contribution in [3.8, 4) is 0 Å². The number of rotatable bonds is 2. The Bertz CT molecular complexity index is 318. The molecule has 0 aliphatic carbocycles. The molecule has 1 aliphatic heterocycles. The summed E-state index contributed by atoms with van der Waals surface area (Å²) in [6.07, 6.45) is 2.97. The lowest BCUT2D eigenvalue weighted by Crippen LogP contribution is -2.34. The summed E-state index contributed by atoms with van der Waals surface area (Å²) in [5.74, 6) is 0. The van der Waals surface area contributed by atoms with Crippen LogP contribution in [0.2, 0.25) is 4.47 Å². The van der Waals surface area contributed by atoms with Gasteiger partial charge in [0.05, 0.1) is 6.61 Å². The van der Waals surface area contributed by atoms with Gasteiger partial charge in [-0.25, -0.2) is 4.98 Å². The Labute approximate surface area is 99.0 Å². The van der Waals surface area contributed by atoms with Crippen LogP contribution >= 0.6 is 22.9 Å². The van der Waals surface area contributed by atoms with Crippen molar-refractivity contribution in [2.75, 3.05) is 19.8 Å². The van der Waals surface area contributed by atoms with Crippen molar-refractivity contribution in [3.63, 3.8) is 0 Å². The molecule has 1 aromatic heterocycles. The molecule has 5 heteroatoms. The molecule has 0 radical (unpaired) electrons. The van der Waals surface area contributed by atoms with Crippen molar-refractivity contribution in [1.29, 1.82) is 0 Å². The van der Waals surface area contributed by atoms with E-state index < -0.39 is 0 Å². The quantitative estimate of drug-likeness (QED) is 0.802. The number of hydrogen-bond donors (Lipinski definition) is 0. The SMILES string of the molecule is CC1COCCCN1Cc1cnc(Cl)s1. The second-order valence-corrected chi connectivity index (χ2v) is 5.52. The van der Waals surface area contributed by atoms with Crippen molar-refractivity contribution >= 4 is 22.9 Å². The number of hydrogen-bond acceptors (Lipinski definition) is 4. The molecule has 2 heterocycles. The van der Waals surface area contributed by atoms with Crippen LogP contribution in [0.5, 0.6) is 0 Å². The third-order valence-corrected chi connectivity index (χ3v) is 3.70. The maximum atomic E-state index is 5.81. The summed E-state index contributed by atoms with van der Waals surface area (Å²) in [4.78, 5) is 7.71. The third-order valence-electron chi connectivity index (χ3n) is 2.60. The minimum atomic E-state index is 0.480. The van der Waals surface area contributed by atoms with E-state index in [2.05, 4.69) is 16.8 Å². The molecule has 15 heavy (non-hydrogen) atoms. The summed E-state index contributed by atoms with van der Waals surface area (Å²) in [5.41, 5.74) is 0. The highest BCUT2D eigenvalue weighted by molar-refractivity contribution is 7.15. The number of thiazole rings is 1. The van der Waals surface area contributed by atoms with Crippen LogP contribution in [0.1, 0.15) is 18.2 Å². The van der Waals surface area contributed by atoms with E-state index >= 15 is 0 Å². The number of halogens is 1. The molecule has 84 valence electrons. The first-order chi connectivity index (χ1) is 7.25. The van der Waals surface area contributed by atoms with E-state index in [-0.39, 0.29) is 0 Å². The molecule has 1 unspecified atom stereocenters. The van der Waals surface area contributed by atoms with E-state index in [1.165, 1.54) is 4.88 Å². The number of nitrogens with zero attached hydrogens (tertiary/aromatic N) is 2. The molecule has 3 nitrogen and oxygen atoms in total. The van der Waals surface area contributed by atoms with Crippen LogP contribution in [-0.2, 0) is 11.3 Å². The first-order valence-electron chi connectivity index (χ1n) is 5.17. The third kappa shape index (κ3) is 3.14. The van der Waals surface area contributed by atoms with Gasteiger partial charge < -0.3 is 4.74 Å². The molecule has 1 saturated heterocycles. The second-order valence-electron chi connectivity index (χ2n) is 3.83. The normalized spacial score (nSPS) is 24.0.